The summed E-state index contributed by atoms with van der Waals surface area (Å²) in [5.41, 5.74) is 11.0. The molecule has 9 rings (SSSR count). The number of ether oxygens (including phenoxy) is 1. The monoisotopic (exact) mass is 787 g/mol. The molecular formula is C40H29BN4OPt. The number of rotatable bonds is 4. The van der Waals surface area contributed by atoms with Gasteiger partial charge in [0, 0.05) is 28.8 Å². The van der Waals surface area contributed by atoms with Crippen LogP contribution in [-0.2, 0) is 21.1 Å². The Morgan fingerprint density at radius 3 is 2.60 bits per heavy atom. The van der Waals surface area contributed by atoms with Crippen molar-refractivity contribution in [2.75, 3.05) is 0 Å². The van der Waals surface area contributed by atoms with Crippen molar-refractivity contribution in [2.45, 2.75) is 20.0 Å². The zero-order chi connectivity index (χ0) is 30.8. The number of allylic oxidation sites excluding steroid dienone is 5. The Hall–Kier alpha value is -5.06. The van der Waals surface area contributed by atoms with E-state index >= 15 is 0 Å². The van der Waals surface area contributed by atoms with Crippen LogP contribution in [0, 0.1) is 26.3 Å². The predicted molar refractivity (Wildman–Crippen MR) is 188 cm³/mol. The van der Waals surface area contributed by atoms with Crippen molar-refractivity contribution in [1.29, 1.82) is 0 Å². The smallest absolute Gasteiger partial charge is 0.514 e. The summed E-state index contributed by atoms with van der Waals surface area (Å²) in [7, 11) is 0. The molecule has 228 valence electrons. The minimum Gasteiger partial charge on any atom is -0.514 e. The van der Waals surface area contributed by atoms with E-state index in [9.17, 15) is 0 Å². The number of fused-ring (bicyclic) bond motifs is 9. The Bertz CT molecular complexity index is 2350. The molecule has 3 aromatic heterocycles. The van der Waals surface area contributed by atoms with Gasteiger partial charge in [-0.1, -0.05) is 88.6 Å². The third-order valence-corrected chi connectivity index (χ3v) is 9.22. The van der Waals surface area contributed by atoms with Gasteiger partial charge in [-0.05, 0) is 67.0 Å². The Morgan fingerprint density at radius 2 is 1.74 bits per heavy atom. The summed E-state index contributed by atoms with van der Waals surface area (Å²) in [4.78, 5) is 12.3. The number of para-hydroxylation sites is 1. The van der Waals surface area contributed by atoms with Gasteiger partial charge >= 0.3 is 27.9 Å². The van der Waals surface area contributed by atoms with Crippen LogP contribution < -0.4 is 15.8 Å². The van der Waals surface area contributed by atoms with E-state index in [0.29, 0.717) is 5.75 Å². The molecule has 1 unspecified atom stereocenters. The Labute approximate surface area is 288 Å². The number of aromatic nitrogens is 3. The standard InChI is InChI=1S/C40H29BN4O.Pt/c1-26-11-9-12-27(2)38(26)41-39-36(24-29-14-6-8-22-44(29)41)43-40-34-25-31(19-20-32(34)33-16-3-4-18-37(33)45(39)40)46-30-15-10-13-28(23-30)35-17-5-7-21-42-35;/h3-24,30H,1-2H3;/q-2;+2. The largest absolute Gasteiger partial charge is 2.00 e. The summed E-state index contributed by atoms with van der Waals surface area (Å²) >= 11 is 0. The minimum absolute atomic E-state index is 0. The van der Waals surface area contributed by atoms with Crippen molar-refractivity contribution in [1.82, 2.24) is 19.2 Å². The number of hydrogen-bond acceptors (Lipinski definition) is 4. The summed E-state index contributed by atoms with van der Waals surface area (Å²) in [6, 6.07) is 28.9. The zero-order valence-corrected chi connectivity index (χ0v) is 28.1. The van der Waals surface area contributed by atoms with Crippen molar-refractivity contribution >= 4 is 56.9 Å². The maximum atomic E-state index is 6.54. The molecule has 0 fully saturated rings. The van der Waals surface area contributed by atoms with Crippen molar-refractivity contribution in [2.24, 2.45) is 0 Å². The molecule has 2 aliphatic heterocycles. The van der Waals surface area contributed by atoms with Crippen LogP contribution >= 0.6 is 0 Å². The predicted octanol–water partition coefficient (Wildman–Crippen LogP) is 6.90. The van der Waals surface area contributed by atoms with E-state index in [2.05, 4.69) is 126 Å². The number of nitrogens with zero attached hydrogens (tertiary/aromatic N) is 4. The summed E-state index contributed by atoms with van der Waals surface area (Å²) in [6.07, 6.45) is 20.6. The Kier molecular flexibility index (Phi) is 7.26. The first-order valence-electron chi connectivity index (χ1n) is 15.7. The van der Waals surface area contributed by atoms with Gasteiger partial charge < -0.3 is 18.9 Å². The molecule has 0 N–H and O–H groups in total. The second-order valence-corrected chi connectivity index (χ2v) is 12.0. The van der Waals surface area contributed by atoms with Crippen LogP contribution in [0.15, 0.2) is 127 Å². The number of imidazole rings is 1. The first kappa shape index (κ1) is 29.4. The molecule has 0 saturated carbocycles. The number of aryl methyl sites for hydroxylation is 2. The zero-order valence-electron chi connectivity index (χ0n) is 25.9. The van der Waals surface area contributed by atoms with Crippen LogP contribution in [0.25, 0.3) is 39.0 Å². The second kappa shape index (κ2) is 11.6. The van der Waals surface area contributed by atoms with Crippen LogP contribution in [0.4, 0.5) is 0 Å². The molecule has 1 atom stereocenters. The molecule has 47 heavy (non-hydrogen) atoms. The topological polar surface area (TPSA) is 42.7 Å². The molecule has 6 aromatic rings. The van der Waals surface area contributed by atoms with E-state index < -0.39 is 0 Å². The fraction of sp³-hybridized carbons (Fsp3) is 0.0750. The Balaban J connectivity index is 0.00000324. The van der Waals surface area contributed by atoms with Gasteiger partial charge in [-0.2, -0.15) is 11.6 Å². The molecule has 0 bridgehead atoms. The van der Waals surface area contributed by atoms with Crippen LogP contribution in [0.3, 0.4) is 0 Å². The molecule has 3 aliphatic rings. The average molecular weight is 788 g/mol. The molecule has 0 amide bonds. The molecule has 0 radical (unpaired) electrons. The van der Waals surface area contributed by atoms with Gasteiger partial charge in [-0.25, -0.2) is 0 Å². The van der Waals surface area contributed by atoms with Crippen molar-refractivity contribution in [3.05, 3.63) is 162 Å². The molecule has 0 spiro atoms. The molecule has 5 nitrogen and oxygen atoms in total. The van der Waals surface area contributed by atoms with Gasteiger partial charge in [-0.15, -0.1) is 24.6 Å². The van der Waals surface area contributed by atoms with E-state index in [-0.39, 0.29) is 34.0 Å². The van der Waals surface area contributed by atoms with E-state index in [1.165, 1.54) is 16.6 Å². The average Bonchev–Trinajstić information content (AvgIpc) is 3.48. The van der Waals surface area contributed by atoms with E-state index in [1.54, 1.807) is 0 Å². The summed E-state index contributed by atoms with van der Waals surface area (Å²) in [6.45, 7) is 4.37. The molecule has 3 aromatic carbocycles. The van der Waals surface area contributed by atoms with Gasteiger partial charge in [0.1, 0.15) is 0 Å². The summed E-state index contributed by atoms with van der Waals surface area (Å²) in [5, 5.41) is 3.19. The molecule has 7 heteroatoms. The Morgan fingerprint density at radius 1 is 0.894 bits per heavy atom. The van der Waals surface area contributed by atoms with Gasteiger partial charge in [-0.3, -0.25) is 4.98 Å². The van der Waals surface area contributed by atoms with E-state index in [0.717, 1.165) is 55.6 Å². The first-order valence-corrected chi connectivity index (χ1v) is 15.7. The number of benzene rings is 3. The van der Waals surface area contributed by atoms with Crippen LogP contribution in [0.5, 0.6) is 5.75 Å². The molecular weight excluding hydrogens is 758 g/mol. The third-order valence-electron chi connectivity index (χ3n) is 9.22. The third kappa shape index (κ3) is 4.78. The normalized spacial score (nSPS) is 16.4. The van der Waals surface area contributed by atoms with Crippen molar-refractivity contribution in [3.8, 4) is 5.75 Å². The SMILES string of the molecule is Cc1cccc(C)c1B1c2c(nc3c4[c-]c(OC5C=CC=C(c6ccccn6)[CH-]5)ccc4c4ccccc4n23)C=C2C=CC=CN12.[Pt+2]. The number of hydrogen-bond donors (Lipinski definition) is 0. The molecule has 0 saturated heterocycles. The fourth-order valence-corrected chi connectivity index (χ4v) is 7.18. The maximum absolute atomic E-state index is 6.54. The van der Waals surface area contributed by atoms with E-state index in [4.69, 9.17) is 9.72 Å². The van der Waals surface area contributed by atoms with Crippen LogP contribution in [0.2, 0.25) is 0 Å². The molecule has 5 heterocycles. The summed E-state index contributed by atoms with van der Waals surface area (Å²) in [5.74, 6) is 0.673. The van der Waals surface area contributed by atoms with Gasteiger partial charge in [0.25, 0.3) is 0 Å². The second-order valence-electron chi connectivity index (χ2n) is 12.0. The minimum atomic E-state index is -0.243. The fourth-order valence-electron chi connectivity index (χ4n) is 7.18. The van der Waals surface area contributed by atoms with Crippen molar-refractivity contribution < 1.29 is 25.8 Å². The van der Waals surface area contributed by atoms with E-state index in [1.807, 2.05) is 42.6 Å². The maximum Gasteiger partial charge on any atom is 2.00 e. The van der Waals surface area contributed by atoms with Gasteiger partial charge in [0.2, 0.25) is 0 Å². The summed E-state index contributed by atoms with van der Waals surface area (Å²) < 4.78 is 8.89. The first-order chi connectivity index (χ1) is 22.6. The van der Waals surface area contributed by atoms with Gasteiger partial charge in [0.15, 0.2) is 0 Å². The van der Waals surface area contributed by atoms with Crippen LogP contribution in [-0.4, -0.2) is 32.1 Å². The van der Waals surface area contributed by atoms with Gasteiger partial charge in [0.05, 0.1) is 17.4 Å². The quantitative estimate of drug-likeness (QED) is 0.111. The molecule has 1 aliphatic carbocycles. The van der Waals surface area contributed by atoms with Crippen molar-refractivity contribution in [3.63, 3.8) is 0 Å². The number of pyridine rings is 2. The van der Waals surface area contributed by atoms with Crippen LogP contribution in [0.1, 0.15) is 22.5 Å².